The molecule has 0 unspecified atom stereocenters. The number of anilines is 1. The molecule has 0 aromatic heterocycles. The molecule has 190 valence electrons. The average Bonchev–Trinajstić information content (AvgIpc) is 2.81. The van der Waals surface area contributed by atoms with Gasteiger partial charge >= 0.3 is 6.03 Å². The largest absolute Gasteiger partial charge is 0.493 e. The fourth-order valence-corrected chi connectivity index (χ4v) is 4.94. The van der Waals surface area contributed by atoms with Gasteiger partial charge in [-0.1, -0.05) is 47.0 Å². The lowest BCUT2D eigenvalue weighted by Gasteiger charge is -2.27. The number of carbonyl (C=O) groups excluding carboxylic acids is 3. The first kappa shape index (κ1) is 26.2. The monoisotopic (exact) mass is 562 g/mol. The number of halogens is 1. The summed E-state index contributed by atoms with van der Waals surface area (Å²) in [4.78, 5) is 39.5. The van der Waals surface area contributed by atoms with Crippen molar-refractivity contribution in [3.8, 4) is 11.5 Å². The molecule has 4 amide bonds. The lowest BCUT2D eigenvalue weighted by molar-refractivity contribution is -0.122. The molecular weight excluding hydrogens is 536 g/mol. The zero-order valence-electron chi connectivity index (χ0n) is 21.3. The smallest absolute Gasteiger partial charge is 0.335 e. The highest BCUT2D eigenvalue weighted by molar-refractivity contribution is 9.10. The molecule has 1 aliphatic rings. The molecule has 0 atom stereocenters. The molecule has 0 spiro atoms. The molecular formula is C29H27BrN2O5. The number of benzene rings is 3. The molecule has 3 aromatic rings. The van der Waals surface area contributed by atoms with Gasteiger partial charge in [0.2, 0.25) is 0 Å². The van der Waals surface area contributed by atoms with Gasteiger partial charge in [0.1, 0.15) is 12.2 Å². The Morgan fingerprint density at radius 2 is 1.62 bits per heavy atom. The fourth-order valence-electron chi connectivity index (χ4n) is 4.37. The highest BCUT2D eigenvalue weighted by atomic mass is 79.9. The zero-order valence-corrected chi connectivity index (χ0v) is 22.9. The molecule has 1 heterocycles. The standard InChI is InChI=1S/C29H27BrN2O5/c1-16-6-7-24(19(4)9-16)32-28(34)22(27(33)31-29(32)35)12-20-13-23(30)26(25(14-20)36-5)37-15-21-10-17(2)8-18(3)11-21/h6-14H,15H2,1-5H3,(H,31,33,35)/b22-12+. The van der Waals surface area contributed by atoms with E-state index in [0.29, 0.717) is 33.8 Å². The van der Waals surface area contributed by atoms with E-state index in [4.69, 9.17) is 9.47 Å². The van der Waals surface area contributed by atoms with E-state index in [9.17, 15) is 14.4 Å². The third-order valence-electron chi connectivity index (χ3n) is 5.92. The number of urea groups is 1. The first-order chi connectivity index (χ1) is 17.6. The van der Waals surface area contributed by atoms with Crippen molar-refractivity contribution >= 4 is 45.5 Å². The predicted molar refractivity (Wildman–Crippen MR) is 146 cm³/mol. The third-order valence-corrected chi connectivity index (χ3v) is 6.51. The number of amides is 4. The molecule has 7 nitrogen and oxygen atoms in total. The van der Waals surface area contributed by atoms with Crippen molar-refractivity contribution in [2.45, 2.75) is 34.3 Å². The Kier molecular flexibility index (Phi) is 7.50. The number of methoxy groups -OCH3 is 1. The van der Waals surface area contributed by atoms with Crippen molar-refractivity contribution in [3.63, 3.8) is 0 Å². The summed E-state index contributed by atoms with van der Waals surface area (Å²) in [6.07, 6.45) is 1.43. The molecule has 1 N–H and O–H groups in total. The lowest BCUT2D eigenvalue weighted by Crippen LogP contribution is -2.54. The van der Waals surface area contributed by atoms with Crippen LogP contribution in [0.15, 0.2) is 58.6 Å². The van der Waals surface area contributed by atoms with E-state index < -0.39 is 17.8 Å². The van der Waals surface area contributed by atoms with Gasteiger partial charge in [-0.25, -0.2) is 9.69 Å². The Bertz CT molecular complexity index is 1440. The normalized spacial score (nSPS) is 14.7. The SMILES string of the molecule is COc1cc(/C=C2\C(=O)NC(=O)N(c3ccc(C)cc3C)C2=O)cc(Br)c1OCc1cc(C)cc(C)c1. The van der Waals surface area contributed by atoms with Gasteiger partial charge in [-0.15, -0.1) is 0 Å². The van der Waals surface area contributed by atoms with Crippen molar-refractivity contribution < 1.29 is 23.9 Å². The summed E-state index contributed by atoms with van der Waals surface area (Å²) < 4.78 is 12.2. The van der Waals surface area contributed by atoms with Crippen LogP contribution >= 0.6 is 15.9 Å². The van der Waals surface area contributed by atoms with Crippen LogP contribution in [0.1, 0.15) is 33.4 Å². The van der Waals surface area contributed by atoms with E-state index in [1.165, 1.54) is 13.2 Å². The van der Waals surface area contributed by atoms with E-state index in [2.05, 4.69) is 39.4 Å². The molecule has 1 aliphatic heterocycles. The van der Waals surface area contributed by atoms with Gasteiger partial charge in [0.05, 0.1) is 17.3 Å². The minimum atomic E-state index is -0.784. The molecule has 4 rings (SSSR count). The Morgan fingerprint density at radius 3 is 2.27 bits per heavy atom. The number of ether oxygens (including phenoxy) is 2. The second-order valence-corrected chi connectivity index (χ2v) is 9.92. The van der Waals surface area contributed by atoms with Crippen molar-refractivity contribution in [1.82, 2.24) is 5.32 Å². The van der Waals surface area contributed by atoms with Gasteiger partial charge < -0.3 is 9.47 Å². The van der Waals surface area contributed by atoms with Crippen LogP contribution in [0.5, 0.6) is 11.5 Å². The molecule has 37 heavy (non-hydrogen) atoms. The van der Waals surface area contributed by atoms with Crippen LogP contribution < -0.4 is 19.7 Å². The molecule has 1 saturated heterocycles. The number of nitrogens with zero attached hydrogens (tertiary/aromatic N) is 1. The van der Waals surface area contributed by atoms with Gasteiger partial charge in [0, 0.05) is 0 Å². The number of aryl methyl sites for hydroxylation is 4. The highest BCUT2D eigenvalue weighted by Gasteiger charge is 2.37. The van der Waals surface area contributed by atoms with Gasteiger partial charge in [0.25, 0.3) is 11.8 Å². The van der Waals surface area contributed by atoms with Crippen LogP contribution in [0.3, 0.4) is 0 Å². The van der Waals surface area contributed by atoms with Crippen LogP contribution in [-0.2, 0) is 16.2 Å². The van der Waals surface area contributed by atoms with Crippen LogP contribution in [-0.4, -0.2) is 25.0 Å². The summed E-state index contributed by atoms with van der Waals surface area (Å²) in [6.45, 7) is 8.14. The van der Waals surface area contributed by atoms with E-state index in [1.807, 2.05) is 39.8 Å². The number of rotatable bonds is 6. The summed E-state index contributed by atoms with van der Waals surface area (Å²) in [6, 6.07) is 14.2. The summed E-state index contributed by atoms with van der Waals surface area (Å²) in [5.41, 5.74) is 5.83. The predicted octanol–water partition coefficient (Wildman–Crippen LogP) is 5.94. The molecule has 0 aliphatic carbocycles. The number of carbonyl (C=O) groups is 3. The number of imide groups is 2. The summed E-state index contributed by atoms with van der Waals surface area (Å²) in [5, 5.41) is 2.26. The van der Waals surface area contributed by atoms with E-state index >= 15 is 0 Å². The lowest BCUT2D eigenvalue weighted by atomic mass is 10.0. The van der Waals surface area contributed by atoms with Crippen LogP contribution in [0.2, 0.25) is 0 Å². The van der Waals surface area contributed by atoms with Crippen LogP contribution in [0.4, 0.5) is 10.5 Å². The van der Waals surface area contributed by atoms with Gasteiger partial charge in [-0.3, -0.25) is 14.9 Å². The van der Waals surface area contributed by atoms with Crippen molar-refractivity contribution in [3.05, 3.63) is 92.0 Å². The molecule has 8 heteroatoms. The molecule has 1 fully saturated rings. The number of barbiturate groups is 1. The molecule has 0 bridgehead atoms. The highest BCUT2D eigenvalue weighted by Crippen LogP contribution is 2.38. The van der Waals surface area contributed by atoms with E-state index in [0.717, 1.165) is 32.7 Å². The second-order valence-electron chi connectivity index (χ2n) is 9.07. The van der Waals surface area contributed by atoms with Crippen molar-refractivity contribution in [1.29, 1.82) is 0 Å². The molecule has 0 saturated carbocycles. The number of hydrogen-bond acceptors (Lipinski definition) is 5. The van der Waals surface area contributed by atoms with E-state index in [1.54, 1.807) is 18.2 Å². The Hall–Kier alpha value is -3.91. The molecule has 0 radical (unpaired) electrons. The molecule has 3 aromatic carbocycles. The Balaban J connectivity index is 1.65. The summed E-state index contributed by atoms with van der Waals surface area (Å²) in [7, 11) is 1.52. The summed E-state index contributed by atoms with van der Waals surface area (Å²) in [5.74, 6) is -0.543. The van der Waals surface area contributed by atoms with Gasteiger partial charge in [0.15, 0.2) is 11.5 Å². The summed E-state index contributed by atoms with van der Waals surface area (Å²) >= 11 is 3.53. The first-order valence-electron chi connectivity index (χ1n) is 11.6. The maximum Gasteiger partial charge on any atom is 0.335 e. The third kappa shape index (κ3) is 5.59. The average molecular weight is 563 g/mol. The zero-order chi connectivity index (χ0) is 26.9. The topological polar surface area (TPSA) is 84.9 Å². The maximum absolute atomic E-state index is 13.3. The van der Waals surface area contributed by atoms with Crippen molar-refractivity contribution in [2.75, 3.05) is 12.0 Å². The van der Waals surface area contributed by atoms with Crippen LogP contribution in [0, 0.1) is 27.7 Å². The van der Waals surface area contributed by atoms with Crippen molar-refractivity contribution in [2.24, 2.45) is 0 Å². The van der Waals surface area contributed by atoms with Gasteiger partial charge in [-0.05, 0) is 84.6 Å². The fraction of sp³-hybridized carbons (Fsp3) is 0.207. The Morgan fingerprint density at radius 1 is 0.919 bits per heavy atom. The second kappa shape index (κ2) is 10.6. The maximum atomic E-state index is 13.3. The first-order valence-corrected chi connectivity index (χ1v) is 12.4. The number of nitrogens with one attached hydrogen (secondary N) is 1. The van der Waals surface area contributed by atoms with Crippen LogP contribution in [0.25, 0.3) is 6.08 Å². The number of hydrogen-bond donors (Lipinski definition) is 1. The quantitative estimate of drug-likeness (QED) is 0.297. The van der Waals surface area contributed by atoms with Gasteiger partial charge in [-0.2, -0.15) is 0 Å². The minimum absolute atomic E-state index is 0.169. The Labute approximate surface area is 224 Å². The minimum Gasteiger partial charge on any atom is -0.493 e. The van der Waals surface area contributed by atoms with E-state index in [-0.39, 0.29) is 5.57 Å².